The van der Waals surface area contributed by atoms with Crippen LogP contribution in [0.25, 0.3) is 0 Å². The van der Waals surface area contributed by atoms with Gasteiger partial charge in [-0.25, -0.2) is 0 Å². The number of fused-ring (bicyclic) bond motifs is 3. The molecule has 0 saturated heterocycles. The Kier molecular flexibility index (Phi) is 6.67. The number of hydrogen-bond acceptors (Lipinski definition) is 3. The maximum absolute atomic E-state index is 6.11. The van der Waals surface area contributed by atoms with E-state index in [1.807, 2.05) is 42.6 Å². The highest BCUT2D eigenvalue weighted by Gasteiger charge is 2.37. The van der Waals surface area contributed by atoms with Crippen molar-refractivity contribution in [3.05, 3.63) is 135 Å². The van der Waals surface area contributed by atoms with Crippen LogP contribution in [0, 0.1) is 12.8 Å². The summed E-state index contributed by atoms with van der Waals surface area (Å²) in [6.45, 7) is 2.69. The molecule has 1 aliphatic heterocycles. The van der Waals surface area contributed by atoms with E-state index in [0.717, 1.165) is 33.5 Å². The van der Waals surface area contributed by atoms with Gasteiger partial charge in [0.15, 0.2) is 0 Å². The Bertz CT molecular complexity index is 1460. The van der Waals surface area contributed by atoms with Gasteiger partial charge in [-0.3, -0.25) is 4.99 Å². The Labute approximate surface area is 227 Å². The first kappa shape index (κ1) is 23.7. The number of halogens is 1. The molecule has 0 radical (unpaired) electrons. The van der Waals surface area contributed by atoms with Crippen molar-refractivity contribution < 1.29 is 4.74 Å². The van der Waals surface area contributed by atoms with Crippen LogP contribution < -0.4 is 10.1 Å². The van der Waals surface area contributed by atoms with E-state index >= 15 is 0 Å². The van der Waals surface area contributed by atoms with Gasteiger partial charge >= 0.3 is 0 Å². The lowest BCUT2D eigenvalue weighted by Gasteiger charge is -2.37. The van der Waals surface area contributed by atoms with Crippen molar-refractivity contribution in [3.8, 4) is 5.75 Å². The van der Waals surface area contributed by atoms with E-state index < -0.39 is 0 Å². The number of para-hydroxylation sites is 1. The highest BCUT2D eigenvalue weighted by atomic mass is 79.9. The third kappa shape index (κ3) is 5.12. The second-order valence-electron chi connectivity index (χ2n) is 9.87. The number of aryl methyl sites for hydroxylation is 1. The monoisotopic (exact) mass is 548 g/mol. The number of rotatable bonds is 6. The molecule has 0 amide bonds. The van der Waals surface area contributed by atoms with Gasteiger partial charge in [0.1, 0.15) is 12.4 Å². The summed E-state index contributed by atoms with van der Waals surface area (Å²) in [7, 11) is 0. The smallest absolute Gasteiger partial charge is 0.128 e. The molecule has 184 valence electrons. The zero-order chi connectivity index (χ0) is 25.2. The molecular formula is C33H29BrN2O. The summed E-state index contributed by atoms with van der Waals surface area (Å²) in [5.41, 5.74) is 8.33. The molecule has 0 bridgehead atoms. The summed E-state index contributed by atoms with van der Waals surface area (Å²) in [5, 5.41) is 3.83. The standard InChI is InChI=1S/C33H29BrN2O/c1-22-9-18-31-30(19-22)28-6-4-7-29(28)33(36-31)24-12-16-27(17-13-24)35-20-25-5-2-3-8-32(25)37-21-23-10-14-26(34)15-11-23/h2-6,8-20,28-29,33,36H,7,21H2,1H3/t28-,29+,33-/m1/s1. The van der Waals surface area contributed by atoms with Crippen LogP contribution in [-0.4, -0.2) is 6.21 Å². The van der Waals surface area contributed by atoms with Crippen molar-refractivity contribution >= 4 is 33.5 Å². The van der Waals surface area contributed by atoms with Crippen LogP contribution in [0.15, 0.2) is 113 Å². The predicted molar refractivity (Wildman–Crippen MR) is 156 cm³/mol. The Balaban J connectivity index is 1.17. The maximum Gasteiger partial charge on any atom is 0.128 e. The number of hydrogen-bond donors (Lipinski definition) is 1. The van der Waals surface area contributed by atoms with Gasteiger partial charge in [-0.1, -0.05) is 82.2 Å². The van der Waals surface area contributed by atoms with Crippen LogP contribution >= 0.6 is 15.9 Å². The van der Waals surface area contributed by atoms with Gasteiger partial charge in [-0.2, -0.15) is 0 Å². The van der Waals surface area contributed by atoms with Gasteiger partial charge in [-0.15, -0.1) is 0 Å². The highest BCUT2D eigenvalue weighted by molar-refractivity contribution is 9.10. The molecule has 3 atom stereocenters. The van der Waals surface area contributed by atoms with Gasteiger partial charge in [0.2, 0.25) is 0 Å². The number of anilines is 1. The zero-order valence-corrected chi connectivity index (χ0v) is 22.4. The topological polar surface area (TPSA) is 33.6 Å². The Morgan fingerprint density at radius 3 is 2.62 bits per heavy atom. The fourth-order valence-corrected chi connectivity index (χ4v) is 5.68. The van der Waals surface area contributed by atoms with E-state index in [9.17, 15) is 0 Å². The zero-order valence-electron chi connectivity index (χ0n) is 20.8. The third-order valence-corrected chi connectivity index (χ3v) is 7.88. The quantitative estimate of drug-likeness (QED) is 0.192. The van der Waals surface area contributed by atoms with E-state index in [0.29, 0.717) is 24.5 Å². The molecule has 0 saturated carbocycles. The molecule has 0 fully saturated rings. The van der Waals surface area contributed by atoms with Crippen molar-refractivity contribution in [2.45, 2.75) is 31.9 Å². The van der Waals surface area contributed by atoms with E-state index in [1.54, 1.807) is 0 Å². The Hall–Kier alpha value is -3.63. The number of benzene rings is 4. The minimum Gasteiger partial charge on any atom is -0.488 e. The van der Waals surface area contributed by atoms with Crippen molar-refractivity contribution in [2.24, 2.45) is 10.9 Å². The molecule has 1 heterocycles. The molecule has 2 aliphatic rings. The van der Waals surface area contributed by atoms with Crippen LogP contribution in [0.4, 0.5) is 11.4 Å². The van der Waals surface area contributed by atoms with E-state index in [4.69, 9.17) is 9.73 Å². The summed E-state index contributed by atoms with van der Waals surface area (Å²) in [4.78, 5) is 4.76. The molecule has 1 aliphatic carbocycles. The SMILES string of the molecule is Cc1ccc2c(c1)[C@@H]1C=CC[C@@H]1[C@@H](c1ccc(N=Cc3ccccc3OCc3ccc(Br)cc3)cc1)N2. The number of nitrogens with zero attached hydrogens (tertiary/aromatic N) is 1. The lowest BCUT2D eigenvalue weighted by molar-refractivity contribution is 0.306. The van der Waals surface area contributed by atoms with Gasteiger partial charge in [-0.05, 0) is 78.4 Å². The summed E-state index contributed by atoms with van der Waals surface area (Å²) in [5.74, 6) is 1.84. The minimum absolute atomic E-state index is 0.293. The van der Waals surface area contributed by atoms with Crippen molar-refractivity contribution in [1.82, 2.24) is 0 Å². The molecule has 0 spiro atoms. The largest absolute Gasteiger partial charge is 0.488 e. The Morgan fingerprint density at radius 1 is 0.973 bits per heavy atom. The van der Waals surface area contributed by atoms with Crippen LogP contribution in [0.3, 0.4) is 0 Å². The molecule has 4 aromatic carbocycles. The van der Waals surface area contributed by atoms with Crippen LogP contribution in [-0.2, 0) is 6.61 Å². The number of aliphatic imine (C=N–C) groups is 1. The van der Waals surface area contributed by atoms with Crippen LogP contribution in [0.5, 0.6) is 5.75 Å². The number of ether oxygens (including phenoxy) is 1. The molecule has 0 aromatic heterocycles. The summed E-state index contributed by atoms with van der Waals surface area (Å²) in [6, 6.07) is 31.9. The molecular weight excluding hydrogens is 520 g/mol. The van der Waals surface area contributed by atoms with Crippen molar-refractivity contribution in [3.63, 3.8) is 0 Å². The normalized spacial score (nSPS) is 19.9. The molecule has 1 N–H and O–H groups in total. The molecule has 37 heavy (non-hydrogen) atoms. The van der Waals surface area contributed by atoms with E-state index in [-0.39, 0.29) is 0 Å². The van der Waals surface area contributed by atoms with Crippen molar-refractivity contribution in [1.29, 1.82) is 0 Å². The fraction of sp³-hybridized carbons (Fsp3) is 0.182. The molecule has 3 nitrogen and oxygen atoms in total. The van der Waals surface area contributed by atoms with Gasteiger partial charge in [0.05, 0.1) is 11.7 Å². The summed E-state index contributed by atoms with van der Waals surface area (Å²) < 4.78 is 7.17. The average Bonchev–Trinajstić information content (AvgIpc) is 3.43. The second kappa shape index (κ2) is 10.4. The van der Waals surface area contributed by atoms with Crippen molar-refractivity contribution in [2.75, 3.05) is 5.32 Å². The first-order chi connectivity index (χ1) is 18.1. The highest BCUT2D eigenvalue weighted by Crippen LogP contribution is 2.50. The lowest BCUT2D eigenvalue weighted by atomic mass is 9.76. The first-order valence-corrected chi connectivity index (χ1v) is 13.6. The molecule has 4 heteroatoms. The number of allylic oxidation sites excluding steroid dienone is 2. The van der Waals surface area contributed by atoms with Gasteiger partial charge < -0.3 is 10.1 Å². The summed E-state index contributed by atoms with van der Waals surface area (Å²) in [6.07, 6.45) is 7.73. The Morgan fingerprint density at radius 2 is 1.78 bits per heavy atom. The van der Waals surface area contributed by atoms with E-state index in [2.05, 4.69) is 94.9 Å². The van der Waals surface area contributed by atoms with Gasteiger partial charge in [0.25, 0.3) is 0 Å². The third-order valence-electron chi connectivity index (χ3n) is 7.35. The maximum atomic E-state index is 6.11. The average molecular weight is 550 g/mol. The second-order valence-corrected chi connectivity index (χ2v) is 10.8. The van der Waals surface area contributed by atoms with Crippen LogP contribution in [0.1, 0.15) is 46.2 Å². The predicted octanol–water partition coefficient (Wildman–Crippen LogP) is 8.91. The lowest BCUT2D eigenvalue weighted by Crippen LogP contribution is -2.29. The minimum atomic E-state index is 0.293. The summed E-state index contributed by atoms with van der Waals surface area (Å²) >= 11 is 3.48. The van der Waals surface area contributed by atoms with Gasteiger partial charge in [0, 0.05) is 27.9 Å². The molecule has 4 aromatic rings. The van der Waals surface area contributed by atoms with E-state index in [1.165, 1.54) is 22.4 Å². The molecule has 6 rings (SSSR count). The first-order valence-electron chi connectivity index (χ1n) is 12.8. The fourth-order valence-electron chi connectivity index (χ4n) is 5.42. The van der Waals surface area contributed by atoms with Crippen LogP contribution in [0.2, 0.25) is 0 Å². The molecule has 0 unspecified atom stereocenters. The number of nitrogens with one attached hydrogen (secondary N) is 1.